The van der Waals surface area contributed by atoms with Crippen LogP contribution in [0, 0.1) is 5.82 Å². The van der Waals surface area contributed by atoms with Crippen molar-refractivity contribution in [2.45, 2.75) is 13.0 Å². The monoisotopic (exact) mass is 318 g/mol. The molecule has 0 aliphatic carbocycles. The lowest BCUT2D eigenvalue weighted by Crippen LogP contribution is -2.42. The van der Waals surface area contributed by atoms with E-state index in [0.29, 0.717) is 4.47 Å². The highest BCUT2D eigenvalue weighted by atomic mass is 79.9. The molecule has 98 valence electrons. The van der Waals surface area contributed by atoms with E-state index in [2.05, 4.69) is 26.6 Å². The van der Waals surface area contributed by atoms with Crippen molar-refractivity contribution >= 4 is 33.4 Å². The molecule has 0 bridgehead atoms. The van der Waals surface area contributed by atoms with E-state index in [4.69, 9.17) is 5.11 Å². The molecule has 0 aliphatic heterocycles. The number of aliphatic hydroxyl groups excluding tert-OH is 1. The molecule has 1 rings (SSSR count). The molecular formula is C11H12BrFN2O3. The molecule has 0 radical (unpaired) electrons. The maximum atomic E-state index is 13.0. The minimum Gasteiger partial charge on any atom is -0.394 e. The minimum atomic E-state index is -0.929. The van der Waals surface area contributed by atoms with E-state index in [1.807, 2.05) is 0 Å². The number of rotatable bonds is 3. The summed E-state index contributed by atoms with van der Waals surface area (Å²) in [6.07, 6.45) is 0. The predicted molar refractivity (Wildman–Crippen MR) is 67.4 cm³/mol. The first kappa shape index (κ1) is 14.6. The van der Waals surface area contributed by atoms with Crippen LogP contribution in [0.1, 0.15) is 6.92 Å². The number of hydrogen-bond acceptors (Lipinski definition) is 3. The van der Waals surface area contributed by atoms with Crippen LogP contribution >= 0.6 is 15.9 Å². The molecule has 0 aliphatic rings. The summed E-state index contributed by atoms with van der Waals surface area (Å²) in [6.45, 7) is 1.27. The Bertz CT molecular complexity index is 468. The molecule has 0 saturated heterocycles. The summed E-state index contributed by atoms with van der Waals surface area (Å²) < 4.78 is 13.4. The summed E-state index contributed by atoms with van der Waals surface area (Å²) in [5.74, 6) is -2.35. The van der Waals surface area contributed by atoms with Crippen molar-refractivity contribution in [3.8, 4) is 0 Å². The number of benzene rings is 1. The Kier molecular flexibility index (Phi) is 5.24. The van der Waals surface area contributed by atoms with Gasteiger partial charge in [-0.3, -0.25) is 9.59 Å². The van der Waals surface area contributed by atoms with Gasteiger partial charge in [0.05, 0.1) is 12.3 Å². The highest BCUT2D eigenvalue weighted by molar-refractivity contribution is 9.10. The van der Waals surface area contributed by atoms with Crippen LogP contribution in [0.3, 0.4) is 0 Å². The van der Waals surface area contributed by atoms with Crippen LogP contribution < -0.4 is 10.6 Å². The van der Waals surface area contributed by atoms with Crippen molar-refractivity contribution in [3.63, 3.8) is 0 Å². The van der Waals surface area contributed by atoms with Crippen molar-refractivity contribution in [2.75, 3.05) is 11.9 Å². The third-order valence-electron chi connectivity index (χ3n) is 2.03. The van der Waals surface area contributed by atoms with Gasteiger partial charge >= 0.3 is 11.8 Å². The van der Waals surface area contributed by atoms with E-state index in [9.17, 15) is 14.0 Å². The van der Waals surface area contributed by atoms with Gasteiger partial charge in [-0.2, -0.15) is 0 Å². The molecule has 3 N–H and O–H groups in total. The van der Waals surface area contributed by atoms with Gasteiger partial charge in [0.15, 0.2) is 0 Å². The number of aliphatic hydroxyl groups is 1. The molecule has 2 amide bonds. The Hall–Kier alpha value is -1.47. The third kappa shape index (κ3) is 4.08. The highest BCUT2D eigenvalue weighted by Crippen LogP contribution is 2.22. The van der Waals surface area contributed by atoms with Crippen molar-refractivity contribution in [1.82, 2.24) is 5.32 Å². The molecule has 0 aromatic heterocycles. The average Bonchev–Trinajstić information content (AvgIpc) is 2.33. The fourth-order valence-electron chi connectivity index (χ4n) is 1.11. The van der Waals surface area contributed by atoms with Gasteiger partial charge in [-0.05, 0) is 41.1 Å². The van der Waals surface area contributed by atoms with E-state index in [1.54, 1.807) is 6.92 Å². The lowest BCUT2D eigenvalue weighted by molar-refractivity contribution is -0.136. The maximum Gasteiger partial charge on any atom is 0.313 e. The quantitative estimate of drug-likeness (QED) is 0.728. The molecule has 0 saturated carbocycles. The Morgan fingerprint density at radius 1 is 1.44 bits per heavy atom. The molecule has 18 heavy (non-hydrogen) atoms. The summed E-state index contributed by atoms with van der Waals surface area (Å²) in [5.41, 5.74) is 0.159. The maximum absolute atomic E-state index is 13.0. The van der Waals surface area contributed by atoms with Crippen LogP contribution in [0.2, 0.25) is 0 Å². The third-order valence-corrected chi connectivity index (χ3v) is 2.73. The van der Waals surface area contributed by atoms with Gasteiger partial charge in [-0.25, -0.2) is 4.39 Å². The summed E-state index contributed by atoms with van der Waals surface area (Å²) in [4.78, 5) is 22.8. The van der Waals surface area contributed by atoms with E-state index >= 15 is 0 Å². The van der Waals surface area contributed by atoms with E-state index in [0.717, 1.165) is 6.07 Å². The minimum absolute atomic E-state index is 0.159. The van der Waals surface area contributed by atoms with Gasteiger partial charge in [-0.15, -0.1) is 0 Å². The van der Waals surface area contributed by atoms with Crippen molar-refractivity contribution in [3.05, 3.63) is 28.5 Å². The fraction of sp³-hybridized carbons (Fsp3) is 0.273. The van der Waals surface area contributed by atoms with Gasteiger partial charge in [0.2, 0.25) is 0 Å². The first-order valence-corrected chi connectivity index (χ1v) is 5.91. The second-order valence-corrected chi connectivity index (χ2v) is 4.49. The Morgan fingerprint density at radius 2 is 2.11 bits per heavy atom. The smallest absolute Gasteiger partial charge is 0.313 e. The van der Waals surface area contributed by atoms with Crippen LogP contribution in [-0.2, 0) is 9.59 Å². The van der Waals surface area contributed by atoms with E-state index in [1.165, 1.54) is 12.1 Å². The number of hydrogen-bond donors (Lipinski definition) is 3. The summed E-state index contributed by atoms with van der Waals surface area (Å²) >= 11 is 3.12. The second kappa shape index (κ2) is 6.46. The van der Waals surface area contributed by atoms with Crippen LogP contribution in [-0.4, -0.2) is 29.6 Å². The van der Waals surface area contributed by atoms with Crippen molar-refractivity contribution in [2.24, 2.45) is 0 Å². The number of anilines is 1. The Balaban J connectivity index is 2.69. The number of halogens is 2. The van der Waals surface area contributed by atoms with Gasteiger partial charge < -0.3 is 15.7 Å². The molecule has 0 spiro atoms. The molecule has 7 heteroatoms. The lowest BCUT2D eigenvalue weighted by Gasteiger charge is -2.11. The largest absolute Gasteiger partial charge is 0.394 e. The average molecular weight is 319 g/mol. The predicted octanol–water partition coefficient (Wildman–Crippen LogP) is 1.02. The van der Waals surface area contributed by atoms with Crippen LogP contribution in [0.15, 0.2) is 22.7 Å². The van der Waals surface area contributed by atoms with Gasteiger partial charge in [0.25, 0.3) is 0 Å². The topological polar surface area (TPSA) is 78.4 Å². The second-order valence-electron chi connectivity index (χ2n) is 3.64. The molecular weight excluding hydrogens is 307 g/mol. The lowest BCUT2D eigenvalue weighted by atomic mass is 10.3. The summed E-state index contributed by atoms with van der Waals surface area (Å²) in [6, 6.07) is 3.19. The summed E-state index contributed by atoms with van der Waals surface area (Å²) in [7, 11) is 0. The van der Waals surface area contributed by atoms with E-state index < -0.39 is 23.7 Å². The Morgan fingerprint density at radius 3 is 2.72 bits per heavy atom. The highest BCUT2D eigenvalue weighted by Gasteiger charge is 2.17. The zero-order valence-electron chi connectivity index (χ0n) is 9.54. The molecule has 0 fully saturated rings. The SMILES string of the molecule is CC(CO)NC(=O)C(=O)Nc1cc(F)ccc1Br. The first-order valence-electron chi connectivity index (χ1n) is 5.11. The van der Waals surface area contributed by atoms with Gasteiger partial charge in [0, 0.05) is 10.5 Å². The van der Waals surface area contributed by atoms with Crippen molar-refractivity contribution < 1.29 is 19.1 Å². The molecule has 1 atom stereocenters. The van der Waals surface area contributed by atoms with Crippen LogP contribution in [0.5, 0.6) is 0 Å². The van der Waals surface area contributed by atoms with Crippen LogP contribution in [0.4, 0.5) is 10.1 Å². The zero-order chi connectivity index (χ0) is 13.7. The number of carbonyl (C=O) groups is 2. The van der Waals surface area contributed by atoms with E-state index in [-0.39, 0.29) is 12.3 Å². The molecule has 1 unspecified atom stereocenters. The molecule has 0 heterocycles. The normalized spacial score (nSPS) is 11.8. The van der Waals surface area contributed by atoms with Crippen molar-refractivity contribution in [1.29, 1.82) is 0 Å². The van der Waals surface area contributed by atoms with Gasteiger partial charge in [0.1, 0.15) is 5.82 Å². The van der Waals surface area contributed by atoms with Crippen LogP contribution in [0.25, 0.3) is 0 Å². The Labute approximate surface area is 112 Å². The number of carbonyl (C=O) groups excluding carboxylic acids is 2. The summed E-state index contributed by atoms with van der Waals surface area (Å²) in [5, 5.41) is 13.3. The first-order chi connectivity index (χ1) is 8.43. The fourth-order valence-corrected chi connectivity index (χ4v) is 1.45. The molecule has 1 aromatic carbocycles. The van der Waals surface area contributed by atoms with Gasteiger partial charge in [-0.1, -0.05) is 0 Å². The number of amides is 2. The molecule has 5 nitrogen and oxygen atoms in total. The zero-order valence-corrected chi connectivity index (χ0v) is 11.1. The molecule has 1 aromatic rings. The number of nitrogens with one attached hydrogen (secondary N) is 2. The standard InChI is InChI=1S/C11H12BrFN2O3/c1-6(5-16)14-10(17)11(18)15-9-4-7(13)2-3-8(9)12/h2-4,6,16H,5H2,1H3,(H,14,17)(H,15,18).